The van der Waals surface area contributed by atoms with Gasteiger partial charge in [0.15, 0.2) is 5.65 Å². The van der Waals surface area contributed by atoms with Crippen LogP contribution >= 0.6 is 11.6 Å². The molecule has 2 atom stereocenters. The van der Waals surface area contributed by atoms with Crippen LogP contribution in [0.5, 0.6) is 0 Å². The lowest BCUT2D eigenvalue weighted by Crippen LogP contribution is -2.55. The van der Waals surface area contributed by atoms with Gasteiger partial charge in [-0.25, -0.2) is 19.1 Å². The predicted molar refractivity (Wildman–Crippen MR) is 170 cm³/mol. The van der Waals surface area contributed by atoms with E-state index in [4.69, 9.17) is 21.3 Å². The summed E-state index contributed by atoms with van der Waals surface area (Å²) in [7, 11) is 0. The number of carbonyl (C=O) groups excluding carboxylic acids is 1. The molecule has 0 aliphatic carbocycles. The van der Waals surface area contributed by atoms with E-state index in [-0.39, 0.29) is 23.7 Å². The summed E-state index contributed by atoms with van der Waals surface area (Å²) in [6.45, 7) is 16.3. The number of nitrogens with zero attached hydrogens (tertiary/aromatic N) is 6. The van der Waals surface area contributed by atoms with Crippen molar-refractivity contribution in [2.45, 2.75) is 91.3 Å². The molecule has 2 fully saturated rings. The zero-order chi connectivity index (χ0) is 30.3. The van der Waals surface area contributed by atoms with Crippen molar-refractivity contribution in [2.75, 3.05) is 36.0 Å². The number of pyridine rings is 1. The lowest BCUT2D eigenvalue weighted by Gasteiger charge is -2.41. The van der Waals surface area contributed by atoms with Crippen LogP contribution in [0.15, 0.2) is 35.1 Å². The lowest BCUT2D eigenvalue weighted by molar-refractivity contribution is 0.0218. The molecule has 2 aliphatic heterocycles. The molecule has 0 bridgehead atoms. The number of benzene rings is 1. The maximum absolute atomic E-state index is 14.0. The number of piperazine rings is 1. The molecule has 5 rings (SSSR count). The molecule has 226 valence electrons. The molecule has 4 heterocycles. The molecule has 2 saturated heterocycles. The Morgan fingerprint density at radius 2 is 1.71 bits per heavy atom. The number of hydrogen-bond acceptors (Lipinski definition) is 7. The summed E-state index contributed by atoms with van der Waals surface area (Å²) in [6, 6.07) is 10.0. The predicted octanol–water partition coefficient (Wildman–Crippen LogP) is 6.38. The normalized spacial score (nSPS) is 20.0. The van der Waals surface area contributed by atoms with Crippen LogP contribution in [-0.2, 0) is 4.74 Å². The van der Waals surface area contributed by atoms with Gasteiger partial charge in [-0.05, 0) is 77.5 Å². The van der Waals surface area contributed by atoms with Gasteiger partial charge in [0, 0.05) is 38.3 Å². The fourth-order valence-electron chi connectivity index (χ4n) is 6.09. The number of rotatable bonds is 4. The highest BCUT2D eigenvalue weighted by Crippen LogP contribution is 2.36. The first-order valence-electron chi connectivity index (χ1n) is 15.1. The van der Waals surface area contributed by atoms with Crippen molar-refractivity contribution in [1.29, 1.82) is 0 Å². The number of aromatic nitrogens is 3. The minimum atomic E-state index is -0.571. The monoisotopic (exact) mass is 594 g/mol. The Labute approximate surface area is 253 Å². The van der Waals surface area contributed by atoms with Gasteiger partial charge >= 0.3 is 11.8 Å². The van der Waals surface area contributed by atoms with Gasteiger partial charge in [-0.15, -0.1) is 0 Å². The zero-order valence-electron chi connectivity index (χ0n) is 25.9. The quantitative estimate of drug-likeness (QED) is 0.346. The molecule has 2 aromatic heterocycles. The Morgan fingerprint density at radius 3 is 2.38 bits per heavy atom. The molecule has 1 unspecified atom stereocenters. The zero-order valence-corrected chi connectivity index (χ0v) is 26.6. The van der Waals surface area contributed by atoms with E-state index in [1.807, 2.05) is 58.0 Å². The van der Waals surface area contributed by atoms with Crippen molar-refractivity contribution in [3.05, 3.63) is 51.4 Å². The first kappa shape index (κ1) is 30.1. The molecule has 1 aromatic carbocycles. The van der Waals surface area contributed by atoms with E-state index < -0.39 is 5.60 Å². The highest BCUT2D eigenvalue weighted by Gasteiger charge is 2.33. The summed E-state index contributed by atoms with van der Waals surface area (Å²) < 4.78 is 7.26. The van der Waals surface area contributed by atoms with E-state index in [0.717, 1.165) is 30.6 Å². The number of anilines is 2. The van der Waals surface area contributed by atoms with E-state index in [9.17, 15) is 9.59 Å². The minimum absolute atomic E-state index is 0.110. The fourth-order valence-corrected chi connectivity index (χ4v) is 6.35. The highest BCUT2D eigenvalue weighted by molar-refractivity contribution is 6.33. The number of amides is 1. The van der Waals surface area contributed by atoms with Crippen LogP contribution in [0.25, 0.3) is 16.7 Å². The first-order valence-corrected chi connectivity index (χ1v) is 15.5. The van der Waals surface area contributed by atoms with E-state index in [0.29, 0.717) is 53.4 Å². The molecule has 0 spiro atoms. The van der Waals surface area contributed by atoms with Gasteiger partial charge in [-0.1, -0.05) is 43.6 Å². The molecular weight excluding hydrogens is 552 g/mol. The molecule has 1 amide bonds. The second-order valence-electron chi connectivity index (χ2n) is 12.9. The van der Waals surface area contributed by atoms with Gasteiger partial charge in [0.05, 0.1) is 16.1 Å². The van der Waals surface area contributed by atoms with Gasteiger partial charge in [0.1, 0.15) is 17.2 Å². The topological polar surface area (TPSA) is 83.8 Å². The maximum atomic E-state index is 14.0. The summed E-state index contributed by atoms with van der Waals surface area (Å²) in [4.78, 5) is 42.7. The number of halogens is 1. The van der Waals surface area contributed by atoms with Crippen molar-refractivity contribution in [3.63, 3.8) is 0 Å². The fraction of sp³-hybridized carbons (Fsp3) is 0.562. The molecule has 10 heteroatoms. The number of hydrogen-bond donors (Lipinski definition) is 0. The summed E-state index contributed by atoms with van der Waals surface area (Å²) in [5, 5.41) is 1.26. The average Bonchev–Trinajstić information content (AvgIpc) is 2.92. The third kappa shape index (κ3) is 5.93. The number of piperidine rings is 1. The smallest absolute Gasteiger partial charge is 0.410 e. The Hall–Kier alpha value is -3.33. The highest BCUT2D eigenvalue weighted by atomic mass is 35.5. The summed E-state index contributed by atoms with van der Waals surface area (Å²) in [5.41, 5.74) is 1.39. The lowest BCUT2D eigenvalue weighted by atomic mass is 10.0. The van der Waals surface area contributed by atoms with Crippen LogP contribution in [0.1, 0.15) is 79.2 Å². The van der Waals surface area contributed by atoms with Crippen LogP contribution in [-0.4, -0.2) is 69.4 Å². The molecule has 0 radical (unpaired) electrons. The third-order valence-electron chi connectivity index (χ3n) is 8.21. The Bertz CT molecular complexity index is 1530. The molecule has 3 aromatic rings. The van der Waals surface area contributed by atoms with Crippen molar-refractivity contribution in [1.82, 2.24) is 19.4 Å². The molecule has 0 saturated carbocycles. The van der Waals surface area contributed by atoms with Gasteiger partial charge in [0.25, 0.3) is 0 Å². The standard InChI is InChI=1S/C32H43ClN6O3/c1-20(2)23-13-8-9-14-26(23)39-28-24(18-25(33)29(34-28)37-15-11-10-12-21(37)3)27(35-30(39)40)38-17-16-36(19-22(38)4)31(41)42-32(5,6)7/h8-9,13-14,18,20-22H,10-12,15-17,19H2,1-7H3/t21?,22-/m0/s1. The molecular formula is C32H43ClN6O3. The SMILES string of the molecule is CC(C)c1ccccc1-n1c(=O)nc(N2CCN(C(=O)OC(C)(C)C)C[C@@H]2C)c2cc(Cl)c(N3CCCCC3C)nc21. The van der Waals surface area contributed by atoms with Gasteiger partial charge in [-0.3, -0.25) is 0 Å². The van der Waals surface area contributed by atoms with Crippen LogP contribution in [0.4, 0.5) is 16.4 Å². The van der Waals surface area contributed by atoms with E-state index in [2.05, 4.69) is 35.6 Å². The van der Waals surface area contributed by atoms with Crippen LogP contribution in [0.3, 0.4) is 0 Å². The second-order valence-corrected chi connectivity index (χ2v) is 13.3. The molecule has 0 N–H and O–H groups in total. The Kier molecular flexibility index (Phi) is 8.43. The van der Waals surface area contributed by atoms with Crippen LogP contribution in [0, 0.1) is 0 Å². The van der Waals surface area contributed by atoms with Crippen molar-refractivity contribution < 1.29 is 9.53 Å². The second kappa shape index (κ2) is 11.7. The minimum Gasteiger partial charge on any atom is -0.444 e. The van der Waals surface area contributed by atoms with E-state index in [1.54, 1.807) is 9.47 Å². The molecule has 2 aliphatic rings. The molecule has 42 heavy (non-hydrogen) atoms. The van der Waals surface area contributed by atoms with Crippen molar-refractivity contribution >= 4 is 40.4 Å². The summed E-state index contributed by atoms with van der Waals surface area (Å²) in [5.74, 6) is 1.43. The number of para-hydroxylation sites is 1. The van der Waals surface area contributed by atoms with E-state index in [1.165, 1.54) is 6.42 Å². The van der Waals surface area contributed by atoms with Crippen molar-refractivity contribution in [3.8, 4) is 5.69 Å². The van der Waals surface area contributed by atoms with Crippen LogP contribution < -0.4 is 15.5 Å². The summed E-state index contributed by atoms with van der Waals surface area (Å²) in [6.07, 6.45) is 2.98. The largest absolute Gasteiger partial charge is 0.444 e. The number of fused-ring (bicyclic) bond motifs is 1. The Morgan fingerprint density at radius 1 is 1.00 bits per heavy atom. The van der Waals surface area contributed by atoms with Gasteiger partial charge in [-0.2, -0.15) is 4.98 Å². The van der Waals surface area contributed by atoms with Crippen LogP contribution in [0.2, 0.25) is 5.02 Å². The number of carbonyl (C=O) groups is 1. The van der Waals surface area contributed by atoms with Gasteiger partial charge in [0.2, 0.25) is 0 Å². The number of ether oxygens (including phenoxy) is 1. The van der Waals surface area contributed by atoms with Gasteiger partial charge < -0.3 is 19.4 Å². The maximum Gasteiger partial charge on any atom is 0.410 e. The van der Waals surface area contributed by atoms with E-state index >= 15 is 0 Å². The van der Waals surface area contributed by atoms with Crippen molar-refractivity contribution in [2.24, 2.45) is 0 Å². The average molecular weight is 595 g/mol. The Balaban J connectivity index is 1.65. The summed E-state index contributed by atoms with van der Waals surface area (Å²) >= 11 is 6.99. The molecule has 9 nitrogen and oxygen atoms in total. The third-order valence-corrected chi connectivity index (χ3v) is 8.49. The first-order chi connectivity index (χ1) is 19.9.